The van der Waals surface area contributed by atoms with Crippen molar-refractivity contribution in [3.05, 3.63) is 36.0 Å². The Balaban J connectivity index is 4.04. The lowest BCUT2D eigenvalue weighted by atomic mass is 10.0. The van der Waals surface area contributed by atoms with Gasteiger partial charge in [-0.25, -0.2) is 0 Å². The molecule has 0 saturated carbocycles. The maximum atomic E-state index is 3.84. The van der Waals surface area contributed by atoms with E-state index >= 15 is 0 Å². The Hall–Kier alpha value is -0.780. The molecule has 10 heavy (non-hydrogen) atoms. The van der Waals surface area contributed by atoms with Crippen LogP contribution in [0.5, 0.6) is 0 Å². The molecule has 0 heterocycles. The van der Waals surface area contributed by atoms with Crippen LogP contribution in [0.15, 0.2) is 36.0 Å². The maximum Gasteiger partial charge on any atom is -0.00735 e. The van der Waals surface area contributed by atoms with Crippen molar-refractivity contribution in [3.63, 3.8) is 0 Å². The van der Waals surface area contributed by atoms with E-state index in [4.69, 9.17) is 0 Å². The van der Waals surface area contributed by atoms with Crippen LogP contribution in [-0.4, -0.2) is 0 Å². The molecule has 0 atom stereocenters. The molecule has 0 aliphatic heterocycles. The van der Waals surface area contributed by atoms with E-state index in [1.54, 1.807) is 0 Å². The maximum absolute atomic E-state index is 3.84. The molecule has 0 aliphatic carbocycles. The summed E-state index contributed by atoms with van der Waals surface area (Å²) in [5, 5.41) is 0. The van der Waals surface area contributed by atoms with E-state index in [-0.39, 0.29) is 0 Å². The Morgan fingerprint density at radius 1 is 1.30 bits per heavy atom. The van der Waals surface area contributed by atoms with Crippen molar-refractivity contribution in [3.8, 4) is 0 Å². The Labute approximate surface area is 64.0 Å². The van der Waals surface area contributed by atoms with Gasteiger partial charge < -0.3 is 0 Å². The second kappa shape index (κ2) is 4.10. The second-order valence-electron chi connectivity index (χ2n) is 2.82. The molecule has 0 aromatic rings. The highest BCUT2D eigenvalue weighted by Crippen LogP contribution is 2.12. The summed E-state index contributed by atoms with van der Waals surface area (Å²) in [6.45, 7) is 13.9. The fourth-order valence-electron chi connectivity index (χ4n) is 0.590. The summed E-state index contributed by atoms with van der Waals surface area (Å²) in [7, 11) is 0. The van der Waals surface area contributed by atoms with Gasteiger partial charge in [-0.05, 0) is 27.2 Å². The predicted molar refractivity (Wildman–Crippen MR) is 48.0 cm³/mol. The lowest BCUT2D eigenvalue weighted by molar-refractivity contribution is 1.10. The quantitative estimate of drug-likeness (QED) is 0.411. The highest BCUT2D eigenvalue weighted by molar-refractivity contribution is 5.21. The van der Waals surface area contributed by atoms with Crippen LogP contribution in [-0.2, 0) is 0 Å². The summed E-state index contributed by atoms with van der Waals surface area (Å²) in [4.78, 5) is 0. The topological polar surface area (TPSA) is 0 Å². The van der Waals surface area contributed by atoms with E-state index in [1.807, 2.05) is 6.08 Å². The Morgan fingerprint density at radius 2 is 1.80 bits per heavy atom. The van der Waals surface area contributed by atoms with Gasteiger partial charge in [-0.15, -0.1) is 0 Å². The molecule has 0 nitrogen and oxygen atoms in total. The largest absolute Gasteiger partial charge is 0.0988 e. The van der Waals surface area contributed by atoms with Gasteiger partial charge in [-0.2, -0.15) is 0 Å². The summed E-state index contributed by atoms with van der Waals surface area (Å²) in [6, 6.07) is 0. The SMILES string of the molecule is C=CC(=C)CC(C)=C(C)C. The van der Waals surface area contributed by atoms with Crippen molar-refractivity contribution >= 4 is 0 Å². The molecule has 0 aromatic heterocycles. The summed E-state index contributed by atoms with van der Waals surface area (Å²) >= 11 is 0. The molecule has 56 valence electrons. The van der Waals surface area contributed by atoms with Crippen LogP contribution in [0.2, 0.25) is 0 Å². The van der Waals surface area contributed by atoms with E-state index in [9.17, 15) is 0 Å². The standard InChI is InChI=1S/C10H16/c1-6-9(4)7-10(5)8(2)3/h6H,1,4,7H2,2-3,5H3. The van der Waals surface area contributed by atoms with Gasteiger partial charge in [0.25, 0.3) is 0 Å². The van der Waals surface area contributed by atoms with Crippen molar-refractivity contribution < 1.29 is 0 Å². The Kier molecular flexibility index (Phi) is 3.78. The van der Waals surface area contributed by atoms with Crippen LogP contribution in [0, 0.1) is 0 Å². The number of hydrogen-bond acceptors (Lipinski definition) is 0. The molecule has 0 radical (unpaired) electrons. The third-order valence-corrected chi connectivity index (χ3v) is 1.63. The smallest absolute Gasteiger partial charge is 0.00735 e. The molecular weight excluding hydrogens is 120 g/mol. The minimum Gasteiger partial charge on any atom is -0.0988 e. The van der Waals surface area contributed by atoms with E-state index in [0.29, 0.717) is 0 Å². The first kappa shape index (κ1) is 9.22. The highest BCUT2D eigenvalue weighted by atomic mass is 14.0. The van der Waals surface area contributed by atoms with Gasteiger partial charge in [0.1, 0.15) is 0 Å². The van der Waals surface area contributed by atoms with E-state index in [1.165, 1.54) is 11.1 Å². The van der Waals surface area contributed by atoms with Crippen LogP contribution >= 0.6 is 0 Å². The van der Waals surface area contributed by atoms with E-state index in [2.05, 4.69) is 33.9 Å². The van der Waals surface area contributed by atoms with Crippen molar-refractivity contribution in [1.29, 1.82) is 0 Å². The monoisotopic (exact) mass is 136 g/mol. The molecule has 0 aliphatic rings. The first-order valence-electron chi connectivity index (χ1n) is 3.51. The van der Waals surface area contributed by atoms with Crippen molar-refractivity contribution in [1.82, 2.24) is 0 Å². The predicted octanol–water partition coefficient (Wildman–Crippen LogP) is 3.48. The average molecular weight is 136 g/mol. The lowest BCUT2D eigenvalue weighted by Crippen LogP contribution is -1.81. The van der Waals surface area contributed by atoms with Crippen molar-refractivity contribution in [2.24, 2.45) is 0 Å². The first-order chi connectivity index (χ1) is 4.57. The molecule has 0 unspecified atom stereocenters. The normalized spacial score (nSPS) is 8.70. The van der Waals surface area contributed by atoms with Crippen LogP contribution in [0.25, 0.3) is 0 Å². The van der Waals surface area contributed by atoms with Crippen LogP contribution < -0.4 is 0 Å². The van der Waals surface area contributed by atoms with Gasteiger partial charge >= 0.3 is 0 Å². The molecule has 0 aromatic carbocycles. The minimum absolute atomic E-state index is 0.964. The van der Waals surface area contributed by atoms with Gasteiger partial charge in [-0.3, -0.25) is 0 Å². The fourth-order valence-corrected chi connectivity index (χ4v) is 0.590. The third-order valence-electron chi connectivity index (χ3n) is 1.63. The van der Waals surface area contributed by atoms with Gasteiger partial charge in [0.05, 0.1) is 0 Å². The molecule has 0 heteroatoms. The summed E-state index contributed by atoms with van der Waals surface area (Å²) < 4.78 is 0. The average Bonchev–Trinajstić information content (AvgIpc) is 1.87. The van der Waals surface area contributed by atoms with Gasteiger partial charge in [0.2, 0.25) is 0 Å². The van der Waals surface area contributed by atoms with Crippen molar-refractivity contribution in [2.45, 2.75) is 27.2 Å². The minimum atomic E-state index is 0.964. The second-order valence-corrected chi connectivity index (χ2v) is 2.82. The number of allylic oxidation sites excluding steroid dienone is 4. The molecular formula is C10H16. The van der Waals surface area contributed by atoms with Crippen molar-refractivity contribution in [2.75, 3.05) is 0 Å². The fraction of sp³-hybridized carbons (Fsp3) is 0.400. The highest BCUT2D eigenvalue weighted by Gasteiger charge is 1.92. The molecule has 0 fully saturated rings. The molecule has 0 amide bonds. The summed E-state index contributed by atoms with van der Waals surface area (Å²) in [6.07, 6.45) is 2.78. The Bertz CT molecular complexity index is 166. The number of hydrogen-bond donors (Lipinski definition) is 0. The third kappa shape index (κ3) is 3.29. The first-order valence-corrected chi connectivity index (χ1v) is 3.51. The molecule has 0 saturated heterocycles. The van der Waals surface area contributed by atoms with Gasteiger partial charge in [0.15, 0.2) is 0 Å². The van der Waals surface area contributed by atoms with E-state index in [0.717, 1.165) is 12.0 Å². The van der Waals surface area contributed by atoms with Gasteiger partial charge in [-0.1, -0.05) is 36.0 Å². The zero-order valence-electron chi connectivity index (χ0n) is 7.20. The Morgan fingerprint density at radius 3 is 2.10 bits per heavy atom. The van der Waals surface area contributed by atoms with Crippen LogP contribution in [0.3, 0.4) is 0 Å². The van der Waals surface area contributed by atoms with Crippen LogP contribution in [0.1, 0.15) is 27.2 Å². The summed E-state index contributed by atoms with van der Waals surface area (Å²) in [5.74, 6) is 0. The number of rotatable bonds is 3. The van der Waals surface area contributed by atoms with Crippen LogP contribution in [0.4, 0.5) is 0 Å². The molecule has 0 spiro atoms. The molecule has 0 rings (SSSR count). The lowest BCUT2D eigenvalue weighted by Gasteiger charge is -2.02. The zero-order valence-corrected chi connectivity index (χ0v) is 7.20. The summed E-state index contributed by atoms with van der Waals surface area (Å²) in [5.41, 5.74) is 3.87. The zero-order chi connectivity index (χ0) is 8.15. The molecule has 0 N–H and O–H groups in total. The molecule has 0 bridgehead atoms. The van der Waals surface area contributed by atoms with E-state index < -0.39 is 0 Å². The van der Waals surface area contributed by atoms with Gasteiger partial charge in [0, 0.05) is 0 Å².